The zero-order chi connectivity index (χ0) is 15.1. The average Bonchev–Trinajstić information content (AvgIpc) is 3.24. The molecule has 4 nitrogen and oxygen atoms in total. The van der Waals surface area contributed by atoms with E-state index in [4.69, 9.17) is 11.6 Å². The van der Waals surface area contributed by atoms with Gasteiger partial charge in [-0.2, -0.15) is 0 Å². The number of thiazole rings is 1. The Morgan fingerprint density at radius 3 is 2.82 bits per heavy atom. The topological polar surface area (TPSA) is 54.0 Å². The Morgan fingerprint density at radius 1 is 1.32 bits per heavy atom. The molecule has 22 heavy (non-hydrogen) atoms. The number of hydrogen-bond donors (Lipinski definition) is 2. The predicted octanol–water partition coefficient (Wildman–Crippen LogP) is 2.94. The predicted molar refractivity (Wildman–Crippen MR) is 88.3 cm³/mol. The van der Waals surface area contributed by atoms with Crippen molar-refractivity contribution >= 4 is 28.8 Å². The summed E-state index contributed by atoms with van der Waals surface area (Å²) in [5, 5.41) is 7.81. The van der Waals surface area contributed by atoms with Crippen molar-refractivity contribution in [3.8, 4) is 10.4 Å². The van der Waals surface area contributed by atoms with Crippen LogP contribution in [0.3, 0.4) is 0 Å². The Bertz CT molecular complexity index is 700. The van der Waals surface area contributed by atoms with Crippen molar-refractivity contribution in [2.24, 2.45) is 5.92 Å². The SMILES string of the molecule is O=C(NC1CC2CNC1C2)c1ncc(-c2ccc(Cl)cc2)s1. The summed E-state index contributed by atoms with van der Waals surface area (Å²) in [6.07, 6.45) is 4.01. The van der Waals surface area contributed by atoms with Crippen LogP contribution >= 0.6 is 22.9 Å². The molecular weight excluding hydrogens is 318 g/mol. The van der Waals surface area contributed by atoms with E-state index in [0.717, 1.165) is 29.3 Å². The van der Waals surface area contributed by atoms with Gasteiger partial charge < -0.3 is 10.6 Å². The van der Waals surface area contributed by atoms with Gasteiger partial charge in [0, 0.05) is 23.3 Å². The minimum absolute atomic E-state index is 0.0652. The van der Waals surface area contributed by atoms with Gasteiger partial charge in [-0.05, 0) is 43.0 Å². The molecule has 2 fully saturated rings. The highest BCUT2D eigenvalue weighted by atomic mass is 35.5. The first kappa shape index (κ1) is 14.2. The molecule has 2 aromatic rings. The van der Waals surface area contributed by atoms with E-state index in [0.29, 0.717) is 16.1 Å². The maximum Gasteiger partial charge on any atom is 0.280 e. The van der Waals surface area contributed by atoms with Crippen molar-refractivity contribution in [2.75, 3.05) is 6.54 Å². The minimum atomic E-state index is -0.0652. The fourth-order valence-electron chi connectivity index (χ4n) is 3.37. The molecule has 1 amide bonds. The first-order valence-electron chi connectivity index (χ1n) is 7.45. The highest BCUT2D eigenvalue weighted by molar-refractivity contribution is 7.16. The molecule has 1 saturated carbocycles. The first-order valence-corrected chi connectivity index (χ1v) is 8.64. The standard InChI is InChI=1S/C16H16ClN3OS/c17-11-3-1-10(2-4-11)14-8-19-16(22-14)15(21)20-13-6-9-5-12(13)18-7-9/h1-4,8-9,12-13,18H,5-7H2,(H,20,21). The molecule has 2 N–H and O–H groups in total. The zero-order valence-corrected chi connectivity index (χ0v) is 13.5. The second-order valence-corrected chi connectivity index (χ2v) is 7.44. The van der Waals surface area contributed by atoms with E-state index in [1.165, 1.54) is 17.8 Å². The van der Waals surface area contributed by atoms with E-state index in [9.17, 15) is 4.79 Å². The number of rotatable bonds is 3. The molecule has 6 heteroatoms. The second kappa shape index (κ2) is 5.65. The smallest absolute Gasteiger partial charge is 0.280 e. The van der Waals surface area contributed by atoms with Crippen LogP contribution in [0.4, 0.5) is 0 Å². The van der Waals surface area contributed by atoms with E-state index in [-0.39, 0.29) is 11.9 Å². The maximum atomic E-state index is 12.4. The van der Waals surface area contributed by atoms with E-state index in [1.54, 1.807) is 6.20 Å². The number of hydrogen-bond acceptors (Lipinski definition) is 4. The third kappa shape index (κ3) is 2.64. The van der Waals surface area contributed by atoms with Crippen LogP contribution in [-0.2, 0) is 0 Å². The van der Waals surface area contributed by atoms with Gasteiger partial charge in [-0.1, -0.05) is 23.7 Å². The van der Waals surface area contributed by atoms with Gasteiger partial charge in [0.05, 0.1) is 4.88 Å². The van der Waals surface area contributed by atoms with E-state index >= 15 is 0 Å². The van der Waals surface area contributed by atoms with Crippen molar-refractivity contribution in [1.29, 1.82) is 0 Å². The van der Waals surface area contributed by atoms with Gasteiger partial charge in [-0.15, -0.1) is 11.3 Å². The van der Waals surface area contributed by atoms with E-state index in [1.807, 2.05) is 24.3 Å². The Labute approximate surface area is 137 Å². The molecule has 3 atom stereocenters. The first-order chi connectivity index (χ1) is 10.7. The summed E-state index contributed by atoms with van der Waals surface area (Å²) < 4.78 is 0. The summed E-state index contributed by atoms with van der Waals surface area (Å²) in [5.74, 6) is 0.654. The second-order valence-electron chi connectivity index (χ2n) is 5.97. The van der Waals surface area contributed by atoms with Gasteiger partial charge >= 0.3 is 0 Å². The lowest BCUT2D eigenvalue weighted by Gasteiger charge is -2.23. The molecule has 0 spiro atoms. The highest BCUT2D eigenvalue weighted by Crippen LogP contribution is 2.32. The molecule has 2 heterocycles. The van der Waals surface area contributed by atoms with Gasteiger partial charge in [0.15, 0.2) is 5.01 Å². The van der Waals surface area contributed by atoms with Gasteiger partial charge in [-0.3, -0.25) is 4.79 Å². The van der Waals surface area contributed by atoms with Gasteiger partial charge in [-0.25, -0.2) is 4.98 Å². The van der Waals surface area contributed by atoms with Crippen LogP contribution in [0.15, 0.2) is 30.5 Å². The summed E-state index contributed by atoms with van der Waals surface area (Å²) in [6.45, 7) is 1.09. The van der Waals surface area contributed by atoms with Gasteiger partial charge in [0.25, 0.3) is 5.91 Å². The van der Waals surface area contributed by atoms with Crippen LogP contribution < -0.4 is 10.6 Å². The number of aromatic nitrogens is 1. The van der Waals surface area contributed by atoms with Crippen molar-refractivity contribution in [3.63, 3.8) is 0 Å². The van der Waals surface area contributed by atoms with Crippen LogP contribution in [0.2, 0.25) is 5.02 Å². The van der Waals surface area contributed by atoms with Crippen LogP contribution in [0.5, 0.6) is 0 Å². The Hall–Kier alpha value is -1.43. The zero-order valence-electron chi connectivity index (χ0n) is 11.9. The molecule has 2 bridgehead atoms. The molecule has 1 aromatic carbocycles. The largest absolute Gasteiger partial charge is 0.346 e. The number of carbonyl (C=O) groups is 1. The molecule has 2 aliphatic rings. The van der Waals surface area contributed by atoms with Gasteiger partial charge in [0.2, 0.25) is 0 Å². The lowest BCUT2D eigenvalue weighted by molar-refractivity contribution is 0.0928. The molecule has 1 saturated heterocycles. The molecule has 3 unspecified atom stereocenters. The number of carbonyl (C=O) groups excluding carboxylic acids is 1. The molecule has 4 rings (SSSR count). The van der Waals surface area contributed by atoms with Gasteiger partial charge in [0.1, 0.15) is 0 Å². The van der Waals surface area contributed by atoms with Crippen LogP contribution in [0.25, 0.3) is 10.4 Å². The lowest BCUT2D eigenvalue weighted by Crippen LogP contribution is -2.47. The summed E-state index contributed by atoms with van der Waals surface area (Å²) in [6, 6.07) is 8.25. The normalized spacial score (nSPS) is 26.3. The summed E-state index contributed by atoms with van der Waals surface area (Å²) in [7, 11) is 0. The number of piperidine rings is 1. The quantitative estimate of drug-likeness (QED) is 0.908. The molecule has 1 aromatic heterocycles. The number of nitrogens with one attached hydrogen (secondary N) is 2. The van der Waals surface area contributed by atoms with Crippen molar-refractivity contribution in [1.82, 2.24) is 15.6 Å². The number of nitrogens with zero attached hydrogens (tertiary/aromatic N) is 1. The summed E-state index contributed by atoms with van der Waals surface area (Å²) in [4.78, 5) is 17.6. The third-order valence-corrected chi connectivity index (χ3v) is 5.77. The van der Waals surface area contributed by atoms with Crippen molar-refractivity contribution in [2.45, 2.75) is 24.9 Å². The number of halogens is 1. The molecule has 0 radical (unpaired) electrons. The van der Waals surface area contributed by atoms with E-state index < -0.39 is 0 Å². The maximum absolute atomic E-state index is 12.4. The van der Waals surface area contributed by atoms with Crippen molar-refractivity contribution in [3.05, 3.63) is 40.5 Å². The number of benzene rings is 1. The molecular formula is C16H16ClN3OS. The third-order valence-electron chi connectivity index (χ3n) is 4.47. The molecule has 114 valence electrons. The average molecular weight is 334 g/mol. The number of fused-ring (bicyclic) bond motifs is 2. The summed E-state index contributed by atoms with van der Waals surface area (Å²) >= 11 is 7.32. The number of amides is 1. The monoisotopic (exact) mass is 333 g/mol. The Morgan fingerprint density at radius 2 is 2.14 bits per heavy atom. The lowest BCUT2D eigenvalue weighted by atomic mass is 10.1. The Kier molecular flexibility index (Phi) is 3.64. The highest BCUT2D eigenvalue weighted by Gasteiger charge is 2.40. The fourth-order valence-corrected chi connectivity index (χ4v) is 4.32. The van der Waals surface area contributed by atoms with Crippen LogP contribution in [-0.4, -0.2) is 29.5 Å². The minimum Gasteiger partial charge on any atom is -0.346 e. The van der Waals surface area contributed by atoms with Crippen LogP contribution in [0, 0.1) is 5.92 Å². The van der Waals surface area contributed by atoms with E-state index in [2.05, 4.69) is 15.6 Å². The summed E-state index contributed by atoms with van der Waals surface area (Å²) in [5.41, 5.74) is 1.03. The molecule has 1 aliphatic carbocycles. The Balaban J connectivity index is 1.46. The molecule has 1 aliphatic heterocycles. The van der Waals surface area contributed by atoms with Crippen molar-refractivity contribution < 1.29 is 4.79 Å². The fraction of sp³-hybridized carbons (Fsp3) is 0.375. The van der Waals surface area contributed by atoms with Crippen LogP contribution in [0.1, 0.15) is 22.6 Å².